The quantitative estimate of drug-likeness (QED) is 0.568. The lowest BCUT2D eigenvalue weighted by Gasteiger charge is -2.17. The molecule has 0 aromatic rings. The van der Waals surface area contributed by atoms with Crippen LogP contribution in [0.3, 0.4) is 0 Å². The molecule has 0 radical (unpaired) electrons. The van der Waals surface area contributed by atoms with Crippen molar-refractivity contribution < 1.29 is 9.90 Å². The summed E-state index contributed by atoms with van der Waals surface area (Å²) in [5.41, 5.74) is 5.62. The van der Waals surface area contributed by atoms with Crippen LogP contribution in [-0.2, 0) is 4.79 Å². The highest BCUT2D eigenvalue weighted by atomic mass is 16.4. The van der Waals surface area contributed by atoms with Crippen LogP contribution in [0.2, 0.25) is 0 Å². The van der Waals surface area contributed by atoms with Crippen molar-refractivity contribution in [3.8, 4) is 0 Å². The van der Waals surface area contributed by atoms with Gasteiger partial charge in [0.25, 0.3) is 0 Å². The first-order valence-corrected chi connectivity index (χ1v) is 3.87. The van der Waals surface area contributed by atoms with Gasteiger partial charge in [-0.1, -0.05) is 6.92 Å². The summed E-state index contributed by atoms with van der Waals surface area (Å²) >= 11 is 0. The number of carboxylic acid groups (broad SMARTS) is 1. The van der Waals surface area contributed by atoms with E-state index in [4.69, 9.17) is 10.8 Å². The third-order valence-electron chi connectivity index (χ3n) is 2.13. The molecular formula is C7H14N2O2. The Kier molecular flexibility index (Phi) is 2.46. The van der Waals surface area contributed by atoms with Gasteiger partial charge >= 0.3 is 5.97 Å². The normalized spacial score (nSPS) is 32.5. The van der Waals surface area contributed by atoms with Gasteiger partial charge in [-0.05, 0) is 13.0 Å². The predicted octanol–water partition coefficient (Wildman–Crippen LogP) is -0.507. The van der Waals surface area contributed by atoms with Crippen LogP contribution < -0.4 is 5.73 Å². The van der Waals surface area contributed by atoms with Crippen molar-refractivity contribution in [3.05, 3.63) is 0 Å². The van der Waals surface area contributed by atoms with Crippen molar-refractivity contribution in [2.45, 2.75) is 25.4 Å². The number of aliphatic carboxylic acids is 1. The van der Waals surface area contributed by atoms with Gasteiger partial charge in [-0.2, -0.15) is 0 Å². The Hall–Kier alpha value is -0.610. The van der Waals surface area contributed by atoms with Gasteiger partial charge in [0.05, 0.1) is 0 Å². The van der Waals surface area contributed by atoms with Gasteiger partial charge < -0.3 is 10.8 Å². The molecule has 2 unspecified atom stereocenters. The van der Waals surface area contributed by atoms with Gasteiger partial charge in [0, 0.05) is 12.6 Å². The summed E-state index contributed by atoms with van der Waals surface area (Å²) in [6.07, 6.45) is 0.586. The van der Waals surface area contributed by atoms with E-state index in [0.29, 0.717) is 13.0 Å². The second kappa shape index (κ2) is 3.19. The van der Waals surface area contributed by atoms with Gasteiger partial charge in [-0.25, -0.2) is 0 Å². The smallest absolute Gasteiger partial charge is 0.320 e. The molecule has 0 amide bonds. The Balaban J connectivity index is 2.57. The van der Waals surface area contributed by atoms with Crippen molar-refractivity contribution in [2.24, 2.45) is 5.73 Å². The fourth-order valence-corrected chi connectivity index (χ4v) is 1.55. The van der Waals surface area contributed by atoms with Crippen LogP contribution in [0, 0.1) is 0 Å². The van der Waals surface area contributed by atoms with Gasteiger partial charge in [0.15, 0.2) is 0 Å². The van der Waals surface area contributed by atoms with E-state index in [9.17, 15) is 4.79 Å². The van der Waals surface area contributed by atoms with Crippen LogP contribution in [0.25, 0.3) is 0 Å². The molecule has 0 aromatic carbocycles. The number of rotatable bonds is 2. The number of likely N-dealkylation sites (tertiary alicyclic amines) is 1. The van der Waals surface area contributed by atoms with Crippen molar-refractivity contribution in [1.82, 2.24) is 4.90 Å². The lowest BCUT2D eigenvalue weighted by atomic mass is 10.2. The number of nitrogens with zero attached hydrogens (tertiary/aromatic N) is 1. The molecule has 1 heterocycles. The minimum atomic E-state index is -0.750. The molecular weight excluding hydrogens is 144 g/mol. The maximum atomic E-state index is 10.6. The minimum Gasteiger partial charge on any atom is -0.480 e. The SMILES string of the molecule is CCN1CC(N)CC1C(=O)O. The minimum absolute atomic E-state index is 0.0380. The van der Waals surface area contributed by atoms with Gasteiger partial charge in [-0.15, -0.1) is 0 Å². The highest BCUT2D eigenvalue weighted by Crippen LogP contribution is 2.15. The Morgan fingerprint density at radius 1 is 1.82 bits per heavy atom. The Morgan fingerprint density at radius 2 is 2.45 bits per heavy atom. The number of carbonyl (C=O) groups is 1. The van der Waals surface area contributed by atoms with E-state index in [1.807, 2.05) is 11.8 Å². The van der Waals surface area contributed by atoms with Gasteiger partial charge in [-0.3, -0.25) is 9.69 Å². The topological polar surface area (TPSA) is 66.6 Å². The highest BCUT2D eigenvalue weighted by molar-refractivity contribution is 5.74. The average Bonchev–Trinajstić information content (AvgIpc) is 2.30. The number of likely N-dealkylation sites (N-methyl/N-ethyl adjacent to an activating group) is 1. The maximum Gasteiger partial charge on any atom is 0.320 e. The Bertz CT molecular complexity index is 161. The molecule has 1 fully saturated rings. The van der Waals surface area contributed by atoms with E-state index in [-0.39, 0.29) is 12.1 Å². The molecule has 1 saturated heterocycles. The van der Waals surface area contributed by atoms with Crippen LogP contribution in [0.4, 0.5) is 0 Å². The van der Waals surface area contributed by atoms with E-state index in [0.717, 1.165) is 6.54 Å². The van der Waals surface area contributed by atoms with Crippen molar-refractivity contribution in [1.29, 1.82) is 0 Å². The third-order valence-corrected chi connectivity index (χ3v) is 2.13. The maximum absolute atomic E-state index is 10.6. The summed E-state index contributed by atoms with van der Waals surface area (Å²) in [6.45, 7) is 3.44. The molecule has 4 heteroatoms. The molecule has 0 aromatic heterocycles. The Labute approximate surface area is 66.0 Å². The fourth-order valence-electron chi connectivity index (χ4n) is 1.55. The molecule has 64 valence electrons. The highest BCUT2D eigenvalue weighted by Gasteiger charge is 2.33. The van der Waals surface area contributed by atoms with Gasteiger partial charge in [0.1, 0.15) is 6.04 Å². The molecule has 0 aliphatic carbocycles. The summed E-state index contributed by atoms with van der Waals surface area (Å²) in [5.74, 6) is -0.750. The van der Waals surface area contributed by atoms with E-state index in [1.165, 1.54) is 0 Å². The van der Waals surface area contributed by atoms with E-state index >= 15 is 0 Å². The zero-order valence-electron chi connectivity index (χ0n) is 6.66. The standard InChI is InChI=1S/C7H14N2O2/c1-2-9-4-5(8)3-6(9)7(10)11/h5-6H,2-4,8H2,1H3,(H,10,11). The number of hydrogen-bond donors (Lipinski definition) is 2. The summed E-state index contributed by atoms with van der Waals surface area (Å²) in [4.78, 5) is 12.5. The second-order valence-electron chi connectivity index (χ2n) is 2.94. The molecule has 11 heavy (non-hydrogen) atoms. The van der Waals surface area contributed by atoms with Crippen LogP contribution >= 0.6 is 0 Å². The van der Waals surface area contributed by atoms with Crippen LogP contribution in [0.1, 0.15) is 13.3 Å². The second-order valence-corrected chi connectivity index (χ2v) is 2.94. The van der Waals surface area contributed by atoms with Crippen molar-refractivity contribution >= 4 is 5.97 Å². The lowest BCUT2D eigenvalue weighted by molar-refractivity contribution is -0.142. The monoisotopic (exact) mass is 158 g/mol. The molecule has 0 spiro atoms. The average molecular weight is 158 g/mol. The molecule has 1 rings (SSSR count). The molecule has 0 saturated carbocycles. The Morgan fingerprint density at radius 3 is 2.82 bits per heavy atom. The first-order chi connectivity index (χ1) is 5.15. The van der Waals surface area contributed by atoms with Crippen LogP contribution in [-0.4, -0.2) is 41.1 Å². The van der Waals surface area contributed by atoms with Crippen LogP contribution in [0.15, 0.2) is 0 Å². The first kappa shape index (κ1) is 8.49. The largest absolute Gasteiger partial charge is 0.480 e. The molecule has 4 nitrogen and oxygen atoms in total. The number of nitrogens with two attached hydrogens (primary N) is 1. The zero-order valence-corrected chi connectivity index (χ0v) is 6.66. The lowest BCUT2D eigenvalue weighted by Crippen LogP contribution is -2.35. The van der Waals surface area contributed by atoms with Crippen molar-refractivity contribution in [3.63, 3.8) is 0 Å². The van der Waals surface area contributed by atoms with Crippen molar-refractivity contribution in [2.75, 3.05) is 13.1 Å². The summed E-state index contributed by atoms with van der Waals surface area (Å²) < 4.78 is 0. The first-order valence-electron chi connectivity index (χ1n) is 3.87. The third kappa shape index (κ3) is 1.70. The summed E-state index contributed by atoms with van der Waals surface area (Å²) in [5, 5.41) is 8.74. The van der Waals surface area contributed by atoms with E-state index in [1.54, 1.807) is 0 Å². The number of hydrogen-bond acceptors (Lipinski definition) is 3. The molecule has 2 atom stereocenters. The van der Waals surface area contributed by atoms with Crippen LogP contribution in [0.5, 0.6) is 0 Å². The van der Waals surface area contributed by atoms with E-state index in [2.05, 4.69) is 0 Å². The number of carboxylic acids is 1. The molecule has 3 N–H and O–H groups in total. The molecule has 1 aliphatic heterocycles. The van der Waals surface area contributed by atoms with Gasteiger partial charge in [0.2, 0.25) is 0 Å². The zero-order chi connectivity index (χ0) is 8.43. The predicted molar refractivity (Wildman–Crippen MR) is 41.3 cm³/mol. The molecule has 1 aliphatic rings. The summed E-state index contributed by atoms with van der Waals surface area (Å²) in [7, 11) is 0. The molecule has 0 bridgehead atoms. The summed E-state index contributed by atoms with van der Waals surface area (Å²) in [6, 6.07) is -0.314. The van der Waals surface area contributed by atoms with E-state index < -0.39 is 5.97 Å². The fraction of sp³-hybridized carbons (Fsp3) is 0.857.